The summed E-state index contributed by atoms with van der Waals surface area (Å²) in [5.74, 6) is -2.43. The molecule has 0 aliphatic carbocycles. The number of benzene rings is 1. The molecule has 134 valence electrons. The van der Waals surface area contributed by atoms with Gasteiger partial charge in [-0.2, -0.15) is 0 Å². The molecule has 3 fully saturated rings. The summed E-state index contributed by atoms with van der Waals surface area (Å²) in [5, 5.41) is 9.74. The van der Waals surface area contributed by atoms with E-state index in [9.17, 15) is 14.7 Å². The summed E-state index contributed by atoms with van der Waals surface area (Å²) in [6.07, 6.45) is 4.07. The normalized spacial score (nSPS) is 44.0. The highest BCUT2D eigenvalue weighted by atomic mass is 16.5. The number of rotatable bonds is 1. The lowest BCUT2D eigenvalue weighted by atomic mass is 9.70. The van der Waals surface area contributed by atoms with Crippen molar-refractivity contribution >= 4 is 17.6 Å². The van der Waals surface area contributed by atoms with Gasteiger partial charge in [0.1, 0.15) is 11.5 Å². The van der Waals surface area contributed by atoms with Crippen molar-refractivity contribution in [2.75, 3.05) is 11.5 Å². The zero-order valence-corrected chi connectivity index (χ0v) is 14.3. The number of carboxylic acids is 1. The fraction of sp³-hybridized carbons (Fsp3) is 0.500. The third kappa shape index (κ3) is 1.48. The van der Waals surface area contributed by atoms with Gasteiger partial charge in [-0.05, 0) is 19.4 Å². The van der Waals surface area contributed by atoms with Crippen LogP contribution in [0.3, 0.4) is 0 Å². The van der Waals surface area contributed by atoms with Crippen LogP contribution in [0, 0.1) is 24.7 Å². The molecule has 5 heterocycles. The number of amides is 1. The van der Waals surface area contributed by atoms with Gasteiger partial charge in [0.25, 0.3) is 0 Å². The summed E-state index contributed by atoms with van der Waals surface area (Å²) >= 11 is 0. The van der Waals surface area contributed by atoms with E-state index in [-0.39, 0.29) is 24.0 Å². The Morgan fingerprint density at radius 3 is 3.04 bits per heavy atom. The van der Waals surface area contributed by atoms with Crippen molar-refractivity contribution in [3.05, 3.63) is 41.5 Å². The Hall–Kier alpha value is -2.18. The third-order valence-electron chi connectivity index (χ3n) is 6.91. The number of anilines is 1. The van der Waals surface area contributed by atoms with Gasteiger partial charge >= 0.3 is 5.97 Å². The lowest BCUT2D eigenvalue weighted by Gasteiger charge is -2.44. The summed E-state index contributed by atoms with van der Waals surface area (Å²) in [4.78, 5) is 27.2. The van der Waals surface area contributed by atoms with Gasteiger partial charge in [0.15, 0.2) is 0 Å². The van der Waals surface area contributed by atoms with Crippen LogP contribution < -0.4 is 4.90 Å². The van der Waals surface area contributed by atoms with Crippen LogP contribution in [0.2, 0.25) is 0 Å². The molecule has 3 saturated heterocycles. The maximum atomic E-state index is 13.5. The Morgan fingerprint density at radius 1 is 1.38 bits per heavy atom. The van der Waals surface area contributed by atoms with E-state index in [1.165, 1.54) is 0 Å². The predicted molar refractivity (Wildman–Crippen MR) is 90.6 cm³/mol. The topological polar surface area (TPSA) is 76.1 Å². The Bertz CT molecular complexity index is 894. The van der Waals surface area contributed by atoms with Crippen molar-refractivity contribution in [3.63, 3.8) is 0 Å². The number of ether oxygens (including phenoxy) is 2. The smallest absolute Gasteiger partial charge is 0.310 e. The summed E-state index contributed by atoms with van der Waals surface area (Å²) in [6, 6.07) is 5.86. The molecular formula is C20H19NO5. The van der Waals surface area contributed by atoms with E-state index >= 15 is 0 Å². The lowest BCUT2D eigenvalue weighted by Crippen LogP contribution is -2.53. The molecule has 1 spiro atoms. The van der Waals surface area contributed by atoms with Crippen LogP contribution in [-0.4, -0.2) is 41.3 Å². The second-order valence-corrected chi connectivity index (χ2v) is 8.10. The number of aryl methyl sites for hydroxylation is 1. The number of hydrogen-bond acceptors (Lipinski definition) is 4. The molecule has 1 aromatic rings. The Kier molecular flexibility index (Phi) is 2.62. The van der Waals surface area contributed by atoms with Crippen LogP contribution in [0.4, 0.5) is 5.69 Å². The van der Waals surface area contributed by atoms with Crippen molar-refractivity contribution in [1.82, 2.24) is 0 Å². The number of carbonyl (C=O) groups excluding carboxylic acids is 1. The van der Waals surface area contributed by atoms with Crippen molar-refractivity contribution in [1.29, 1.82) is 0 Å². The third-order valence-corrected chi connectivity index (χ3v) is 6.91. The highest BCUT2D eigenvalue weighted by Gasteiger charge is 2.74. The van der Waals surface area contributed by atoms with Gasteiger partial charge in [-0.25, -0.2) is 0 Å². The molecule has 0 unspecified atom stereocenters. The molecule has 2 bridgehead atoms. The molecule has 7 atom stereocenters. The fourth-order valence-electron chi connectivity index (χ4n) is 6.04. The van der Waals surface area contributed by atoms with Gasteiger partial charge in [-0.1, -0.05) is 29.8 Å². The van der Waals surface area contributed by atoms with Crippen LogP contribution in [-0.2, 0) is 19.1 Å². The molecule has 5 aliphatic rings. The Morgan fingerprint density at radius 2 is 2.23 bits per heavy atom. The van der Waals surface area contributed by atoms with E-state index in [4.69, 9.17) is 9.47 Å². The summed E-state index contributed by atoms with van der Waals surface area (Å²) in [6.45, 7) is 2.68. The lowest BCUT2D eigenvalue weighted by molar-refractivity contribution is -0.146. The zero-order chi connectivity index (χ0) is 17.8. The molecule has 1 amide bonds. The maximum absolute atomic E-state index is 13.5. The predicted octanol–water partition coefficient (Wildman–Crippen LogP) is 1.83. The van der Waals surface area contributed by atoms with Gasteiger partial charge in [0.05, 0.1) is 24.2 Å². The van der Waals surface area contributed by atoms with Gasteiger partial charge in [0, 0.05) is 23.8 Å². The summed E-state index contributed by atoms with van der Waals surface area (Å²) in [7, 11) is 0. The number of carbonyl (C=O) groups is 2. The molecule has 1 N–H and O–H groups in total. The number of carboxylic acid groups (broad SMARTS) is 1. The number of aliphatic carboxylic acids is 1. The largest absolute Gasteiger partial charge is 0.481 e. The van der Waals surface area contributed by atoms with Crippen LogP contribution in [0.25, 0.3) is 0 Å². The number of hydrogen-bond donors (Lipinski definition) is 1. The average Bonchev–Trinajstić information content (AvgIpc) is 3.35. The first kappa shape index (κ1) is 14.9. The minimum Gasteiger partial charge on any atom is -0.481 e. The van der Waals surface area contributed by atoms with Gasteiger partial charge in [-0.3, -0.25) is 9.59 Å². The SMILES string of the molecule is Cc1ccc2c(c1)[C@H]1OCC[C@H]1[C@H]1N2C(=O)[C@@H]2[C@@H](C(=O)O)[C@H]3C=C[C@@]21O3. The number of fused-ring (bicyclic) bond motifs is 7. The van der Waals surface area contributed by atoms with E-state index in [1.54, 1.807) is 0 Å². The average molecular weight is 353 g/mol. The highest BCUT2D eigenvalue weighted by Crippen LogP contribution is 2.62. The molecule has 6 rings (SSSR count). The molecule has 0 saturated carbocycles. The summed E-state index contributed by atoms with van der Waals surface area (Å²) in [5.41, 5.74) is 2.17. The molecule has 26 heavy (non-hydrogen) atoms. The molecular weight excluding hydrogens is 334 g/mol. The standard InChI is InChI=1S/C20H19NO5/c1-9-2-3-12-11(8-9)16-10(5-7-25-16)17-20-6-4-13(26-20)14(19(23)24)15(20)18(22)21(12)17/h2-4,6,8,10,13-17H,5,7H2,1H3,(H,23,24)/t10-,13-,14+,15+,16+,17-,20-/m1/s1. The van der Waals surface area contributed by atoms with E-state index in [1.807, 2.05) is 36.1 Å². The van der Waals surface area contributed by atoms with Crippen LogP contribution in [0.15, 0.2) is 30.4 Å². The monoisotopic (exact) mass is 353 g/mol. The van der Waals surface area contributed by atoms with Crippen molar-refractivity contribution in [2.45, 2.75) is 37.2 Å². The molecule has 1 aromatic carbocycles. The maximum Gasteiger partial charge on any atom is 0.310 e. The minimum absolute atomic E-state index is 0.0630. The Labute approximate surface area is 150 Å². The second kappa shape index (κ2) is 4.56. The van der Waals surface area contributed by atoms with Crippen LogP contribution in [0.5, 0.6) is 0 Å². The minimum atomic E-state index is -0.956. The van der Waals surface area contributed by atoms with Gasteiger partial charge in [0.2, 0.25) is 5.91 Å². The zero-order valence-electron chi connectivity index (χ0n) is 14.3. The van der Waals surface area contributed by atoms with E-state index < -0.39 is 29.5 Å². The van der Waals surface area contributed by atoms with Gasteiger partial charge < -0.3 is 19.5 Å². The second-order valence-electron chi connectivity index (χ2n) is 8.10. The van der Waals surface area contributed by atoms with Crippen LogP contribution >= 0.6 is 0 Å². The molecule has 0 radical (unpaired) electrons. The fourth-order valence-corrected chi connectivity index (χ4v) is 6.04. The van der Waals surface area contributed by atoms with Crippen molar-refractivity contribution in [2.24, 2.45) is 17.8 Å². The molecule has 5 aliphatic heterocycles. The summed E-state index contributed by atoms with van der Waals surface area (Å²) < 4.78 is 12.3. The van der Waals surface area contributed by atoms with Crippen LogP contribution in [0.1, 0.15) is 23.7 Å². The molecule has 6 nitrogen and oxygen atoms in total. The van der Waals surface area contributed by atoms with E-state index in [0.29, 0.717) is 6.61 Å². The van der Waals surface area contributed by atoms with Crippen molar-refractivity contribution in [3.8, 4) is 0 Å². The highest BCUT2D eigenvalue weighted by molar-refractivity contribution is 6.04. The van der Waals surface area contributed by atoms with E-state index in [2.05, 4.69) is 6.07 Å². The first-order chi connectivity index (χ1) is 12.5. The van der Waals surface area contributed by atoms with E-state index in [0.717, 1.165) is 23.2 Å². The first-order valence-corrected chi connectivity index (χ1v) is 9.18. The first-order valence-electron chi connectivity index (χ1n) is 9.18. The molecule has 0 aromatic heterocycles. The van der Waals surface area contributed by atoms with Crippen molar-refractivity contribution < 1.29 is 24.2 Å². The number of nitrogens with zero attached hydrogens (tertiary/aromatic N) is 1. The molecule has 6 heteroatoms. The van der Waals surface area contributed by atoms with Gasteiger partial charge in [-0.15, -0.1) is 0 Å². The quantitative estimate of drug-likeness (QED) is 0.780. The Balaban J connectivity index is 1.59.